The third kappa shape index (κ3) is 4.20. The predicted molar refractivity (Wildman–Crippen MR) is 51.5 cm³/mol. The Balaban J connectivity index is 3.78. The molecule has 0 radical (unpaired) electrons. The van der Waals surface area contributed by atoms with Gasteiger partial charge in [0.1, 0.15) is 0 Å². The molecule has 66 valence electrons. The topological polar surface area (TPSA) is 26.0 Å². The quantitative estimate of drug-likeness (QED) is 0.607. The van der Waals surface area contributed by atoms with Gasteiger partial charge in [0, 0.05) is 6.04 Å². The Morgan fingerprint density at radius 2 is 1.82 bits per heavy atom. The first-order valence-corrected chi connectivity index (χ1v) is 4.51. The average molecular weight is 155 g/mol. The Morgan fingerprint density at radius 3 is 2.09 bits per heavy atom. The summed E-state index contributed by atoms with van der Waals surface area (Å²) in [6, 6.07) is 0.322. The highest BCUT2D eigenvalue weighted by atomic mass is 14.6. The number of rotatable bonds is 5. The highest BCUT2D eigenvalue weighted by molar-refractivity contribution is 4.93. The third-order valence-electron chi connectivity index (χ3n) is 2.24. The monoisotopic (exact) mass is 155 g/mol. The zero-order valence-corrected chi connectivity index (χ0v) is 8.06. The molecule has 1 unspecified atom stereocenters. The lowest BCUT2D eigenvalue weighted by Gasteiger charge is -2.20. The zero-order valence-electron chi connectivity index (χ0n) is 8.06. The van der Waals surface area contributed by atoms with E-state index in [0.717, 1.165) is 6.42 Å². The third-order valence-corrected chi connectivity index (χ3v) is 2.24. The molecule has 0 aromatic rings. The predicted octanol–water partition coefficient (Wildman–Crippen LogP) is 2.72. The number of hydrogen-bond donors (Lipinski definition) is 1. The summed E-state index contributed by atoms with van der Waals surface area (Å²) in [5, 5.41) is 0. The van der Waals surface area contributed by atoms with E-state index in [1.165, 1.54) is 18.4 Å². The van der Waals surface area contributed by atoms with Crippen LogP contribution in [0.2, 0.25) is 0 Å². The summed E-state index contributed by atoms with van der Waals surface area (Å²) in [6.45, 7) is 10.3. The van der Waals surface area contributed by atoms with Gasteiger partial charge in [-0.2, -0.15) is 0 Å². The molecule has 1 nitrogen and oxygen atoms in total. The van der Waals surface area contributed by atoms with Crippen LogP contribution in [0.1, 0.15) is 40.0 Å². The molecule has 0 spiro atoms. The van der Waals surface area contributed by atoms with Gasteiger partial charge in [-0.3, -0.25) is 0 Å². The van der Waals surface area contributed by atoms with Crippen molar-refractivity contribution < 1.29 is 0 Å². The van der Waals surface area contributed by atoms with Crippen LogP contribution >= 0.6 is 0 Å². The van der Waals surface area contributed by atoms with Gasteiger partial charge < -0.3 is 5.73 Å². The van der Waals surface area contributed by atoms with E-state index in [9.17, 15) is 0 Å². The van der Waals surface area contributed by atoms with Crippen molar-refractivity contribution in [1.29, 1.82) is 0 Å². The van der Waals surface area contributed by atoms with E-state index in [4.69, 9.17) is 5.73 Å². The fourth-order valence-electron chi connectivity index (χ4n) is 1.46. The van der Waals surface area contributed by atoms with Gasteiger partial charge >= 0.3 is 0 Å². The molecule has 0 aliphatic heterocycles. The maximum Gasteiger partial charge on any atom is 0.0104 e. The van der Waals surface area contributed by atoms with Crippen molar-refractivity contribution in [2.75, 3.05) is 0 Å². The first kappa shape index (κ1) is 10.7. The molecule has 0 amide bonds. The summed E-state index contributed by atoms with van der Waals surface area (Å²) in [4.78, 5) is 0. The highest BCUT2D eigenvalue weighted by Gasteiger charge is 2.12. The highest BCUT2D eigenvalue weighted by Crippen LogP contribution is 2.16. The largest absolute Gasteiger partial charge is 0.327 e. The lowest BCUT2D eigenvalue weighted by Crippen LogP contribution is -2.29. The standard InChI is InChI=1S/C10H21N/c1-5-9(6-2)10(11)7-8(3)4/h9-10H,3,5-7,11H2,1-2,4H3. The molecule has 0 aromatic heterocycles. The van der Waals surface area contributed by atoms with Crippen LogP contribution in [0.5, 0.6) is 0 Å². The Hall–Kier alpha value is -0.300. The summed E-state index contributed by atoms with van der Waals surface area (Å²) in [7, 11) is 0. The van der Waals surface area contributed by atoms with Gasteiger partial charge in [0.25, 0.3) is 0 Å². The molecule has 0 aliphatic rings. The van der Waals surface area contributed by atoms with Gasteiger partial charge in [0.2, 0.25) is 0 Å². The van der Waals surface area contributed by atoms with E-state index in [1.807, 2.05) is 6.92 Å². The lowest BCUT2D eigenvalue weighted by molar-refractivity contribution is 0.393. The zero-order chi connectivity index (χ0) is 8.85. The average Bonchev–Trinajstić information content (AvgIpc) is 1.88. The summed E-state index contributed by atoms with van der Waals surface area (Å²) >= 11 is 0. The van der Waals surface area contributed by atoms with Crippen LogP contribution in [0.3, 0.4) is 0 Å². The molecule has 11 heavy (non-hydrogen) atoms. The van der Waals surface area contributed by atoms with E-state index in [-0.39, 0.29) is 0 Å². The first-order valence-electron chi connectivity index (χ1n) is 4.51. The van der Waals surface area contributed by atoms with Crippen LogP contribution in [0, 0.1) is 5.92 Å². The Bertz CT molecular complexity index is 114. The minimum absolute atomic E-state index is 0.322. The van der Waals surface area contributed by atoms with E-state index in [0.29, 0.717) is 12.0 Å². The molecule has 1 atom stereocenters. The Morgan fingerprint density at radius 1 is 1.36 bits per heavy atom. The summed E-state index contributed by atoms with van der Waals surface area (Å²) in [6.07, 6.45) is 3.35. The van der Waals surface area contributed by atoms with Crippen LogP contribution in [-0.4, -0.2) is 6.04 Å². The van der Waals surface area contributed by atoms with Crippen LogP contribution in [0.25, 0.3) is 0 Å². The molecule has 1 heteroatoms. The van der Waals surface area contributed by atoms with Crippen LogP contribution in [0.15, 0.2) is 12.2 Å². The van der Waals surface area contributed by atoms with Crippen molar-refractivity contribution in [3.63, 3.8) is 0 Å². The number of nitrogens with two attached hydrogens (primary N) is 1. The molecule has 0 aromatic carbocycles. The van der Waals surface area contributed by atoms with Crippen LogP contribution in [0.4, 0.5) is 0 Å². The SMILES string of the molecule is C=C(C)CC(N)C(CC)CC. The Labute approximate surface area is 70.7 Å². The molecule has 2 N–H and O–H groups in total. The van der Waals surface area contributed by atoms with Gasteiger partial charge in [-0.05, 0) is 19.3 Å². The van der Waals surface area contributed by atoms with Crippen molar-refractivity contribution in [1.82, 2.24) is 0 Å². The normalized spacial score (nSPS) is 13.5. The maximum atomic E-state index is 5.98. The molecule has 0 aliphatic carbocycles. The fourth-order valence-corrected chi connectivity index (χ4v) is 1.46. The van der Waals surface area contributed by atoms with Crippen LogP contribution in [-0.2, 0) is 0 Å². The molecule has 0 bridgehead atoms. The van der Waals surface area contributed by atoms with Gasteiger partial charge in [-0.15, -0.1) is 6.58 Å². The van der Waals surface area contributed by atoms with Crippen LogP contribution < -0.4 is 5.73 Å². The van der Waals surface area contributed by atoms with Crippen molar-refractivity contribution >= 4 is 0 Å². The van der Waals surface area contributed by atoms with Gasteiger partial charge in [0.05, 0.1) is 0 Å². The lowest BCUT2D eigenvalue weighted by atomic mass is 9.91. The molecule has 0 heterocycles. The second-order valence-electron chi connectivity index (χ2n) is 3.40. The fraction of sp³-hybridized carbons (Fsp3) is 0.800. The van der Waals surface area contributed by atoms with Gasteiger partial charge in [-0.25, -0.2) is 0 Å². The van der Waals surface area contributed by atoms with E-state index < -0.39 is 0 Å². The molecule has 0 saturated carbocycles. The smallest absolute Gasteiger partial charge is 0.0104 e. The molecular weight excluding hydrogens is 134 g/mol. The van der Waals surface area contributed by atoms with Gasteiger partial charge in [0.15, 0.2) is 0 Å². The minimum Gasteiger partial charge on any atom is -0.327 e. The summed E-state index contributed by atoms with van der Waals surface area (Å²) in [5.74, 6) is 0.673. The molecule has 0 fully saturated rings. The maximum absolute atomic E-state index is 5.98. The Kier molecular flexibility index (Phi) is 5.22. The molecular formula is C10H21N. The first-order chi connectivity index (χ1) is 5.11. The van der Waals surface area contributed by atoms with E-state index >= 15 is 0 Å². The van der Waals surface area contributed by atoms with Crippen molar-refractivity contribution in [3.8, 4) is 0 Å². The summed E-state index contributed by atoms with van der Waals surface area (Å²) < 4.78 is 0. The molecule has 0 saturated heterocycles. The second kappa shape index (κ2) is 5.36. The van der Waals surface area contributed by atoms with Gasteiger partial charge in [-0.1, -0.05) is 32.3 Å². The van der Waals surface area contributed by atoms with Crippen molar-refractivity contribution in [3.05, 3.63) is 12.2 Å². The minimum atomic E-state index is 0.322. The summed E-state index contributed by atoms with van der Waals surface area (Å²) in [5.41, 5.74) is 7.18. The van der Waals surface area contributed by atoms with E-state index in [2.05, 4.69) is 20.4 Å². The van der Waals surface area contributed by atoms with E-state index in [1.54, 1.807) is 0 Å². The second-order valence-corrected chi connectivity index (χ2v) is 3.40. The molecule has 0 rings (SSSR count). The number of hydrogen-bond acceptors (Lipinski definition) is 1. The van der Waals surface area contributed by atoms with Crippen molar-refractivity contribution in [2.24, 2.45) is 11.7 Å². The van der Waals surface area contributed by atoms with Crippen molar-refractivity contribution in [2.45, 2.75) is 46.1 Å².